The number of benzene rings is 1. The summed E-state index contributed by atoms with van der Waals surface area (Å²) in [7, 11) is 0. The average Bonchev–Trinajstić information content (AvgIpc) is 3.02. The fourth-order valence-corrected chi connectivity index (χ4v) is 3.50. The van der Waals surface area contributed by atoms with Crippen LogP contribution in [0.5, 0.6) is 0 Å². The summed E-state index contributed by atoms with van der Waals surface area (Å²) in [5.74, 6) is -0.442. The van der Waals surface area contributed by atoms with Crippen molar-refractivity contribution in [1.82, 2.24) is 5.32 Å². The van der Waals surface area contributed by atoms with Crippen molar-refractivity contribution < 1.29 is 18.7 Å². The predicted molar refractivity (Wildman–Crippen MR) is 102 cm³/mol. The number of nitriles is 1. The summed E-state index contributed by atoms with van der Waals surface area (Å²) < 4.78 is 20.0. The third kappa shape index (κ3) is 4.25. The zero-order valence-electron chi connectivity index (χ0n) is 15.9. The molecule has 0 radical (unpaired) electrons. The molecule has 1 unspecified atom stereocenters. The molecule has 2 amide bonds. The summed E-state index contributed by atoms with van der Waals surface area (Å²) in [5, 5.41) is 11.5. The highest BCUT2D eigenvalue weighted by Gasteiger charge is 2.33. The first-order valence-electron chi connectivity index (χ1n) is 9.22. The van der Waals surface area contributed by atoms with E-state index < -0.39 is 18.0 Å². The smallest absolute Gasteiger partial charge is 0.414 e. The summed E-state index contributed by atoms with van der Waals surface area (Å²) in [6.45, 7) is 5.07. The van der Waals surface area contributed by atoms with Crippen molar-refractivity contribution in [2.24, 2.45) is 5.92 Å². The zero-order chi connectivity index (χ0) is 20.3. The summed E-state index contributed by atoms with van der Waals surface area (Å²) in [6.07, 6.45) is 1.35. The average molecular weight is 386 g/mol. The van der Waals surface area contributed by atoms with Crippen LogP contribution in [0.15, 0.2) is 29.8 Å². The molecule has 1 saturated heterocycles. The maximum atomic E-state index is 14.8. The molecular weight excluding hydrogens is 363 g/mol. The number of nitrogens with one attached hydrogen (secondary N) is 1. The molecule has 0 bridgehead atoms. The number of halogens is 1. The monoisotopic (exact) mass is 386 g/mol. The molecule has 7 nitrogen and oxygen atoms in total. The molecule has 1 aromatic carbocycles. The van der Waals surface area contributed by atoms with Gasteiger partial charge in [0.05, 0.1) is 37.0 Å². The third-order valence-electron chi connectivity index (χ3n) is 5.02. The van der Waals surface area contributed by atoms with Crippen LogP contribution in [-0.2, 0) is 9.53 Å². The fraction of sp³-hybridized carbons (Fsp3) is 0.450. The molecule has 0 aliphatic carbocycles. The van der Waals surface area contributed by atoms with Crippen molar-refractivity contribution in [3.63, 3.8) is 0 Å². The Morgan fingerprint density at radius 2 is 2.21 bits per heavy atom. The van der Waals surface area contributed by atoms with Gasteiger partial charge >= 0.3 is 6.09 Å². The molecule has 28 heavy (non-hydrogen) atoms. The van der Waals surface area contributed by atoms with Gasteiger partial charge in [0, 0.05) is 20.0 Å². The highest BCUT2D eigenvalue weighted by Crippen LogP contribution is 2.31. The zero-order valence-corrected chi connectivity index (χ0v) is 15.9. The lowest BCUT2D eigenvalue weighted by Gasteiger charge is -2.32. The Bertz CT molecular complexity index is 848. The summed E-state index contributed by atoms with van der Waals surface area (Å²) in [5.41, 5.74) is 1.97. The number of hydrogen-bond donors (Lipinski definition) is 1. The Hall–Kier alpha value is -3.08. The van der Waals surface area contributed by atoms with Crippen LogP contribution in [0.2, 0.25) is 0 Å². The van der Waals surface area contributed by atoms with E-state index in [4.69, 9.17) is 10.00 Å². The molecule has 0 spiro atoms. The van der Waals surface area contributed by atoms with Gasteiger partial charge in [-0.3, -0.25) is 9.69 Å². The van der Waals surface area contributed by atoms with Gasteiger partial charge in [-0.25, -0.2) is 9.18 Å². The van der Waals surface area contributed by atoms with Gasteiger partial charge in [0.1, 0.15) is 11.9 Å². The molecule has 3 rings (SSSR count). The Kier molecular flexibility index (Phi) is 5.83. The third-order valence-corrected chi connectivity index (χ3v) is 5.02. The number of hydrogen-bond acceptors (Lipinski definition) is 5. The van der Waals surface area contributed by atoms with Gasteiger partial charge in [0.15, 0.2) is 0 Å². The second kappa shape index (κ2) is 8.30. The minimum atomic E-state index is -0.557. The van der Waals surface area contributed by atoms with Crippen LogP contribution in [0.1, 0.15) is 20.3 Å². The Labute approximate surface area is 163 Å². The largest absolute Gasteiger partial charge is 0.442 e. The molecule has 0 aromatic heterocycles. The highest BCUT2D eigenvalue weighted by molar-refractivity contribution is 5.90. The maximum Gasteiger partial charge on any atom is 0.414 e. The Morgan fingerprint density at radius 1 is 1.43 bits per heavy atom. The van der Waals surface area contributed by atoms with E-state index in [9.17, 15) is 14.0 Å². The minimum Gasteiger partial charge on any atom is -0.442 e. The van der Waals surface area contributed by atoms with E-state index in [2.05, 4.69) is 11.4 Å². The van der Waals surface area contributed by atoms with Gasteiger partial charge in [-0.05, 0) is 24.1 Å². The van der Waals surface area contributed by atoms with Gasteiger partial charge in [-0.2, -0.15) is 5.26 Å². The Balaban J connectivity index is 1.70. The van der Waals surface area contributed by atoms with Gasteiger partial charge in [0.2, 0.25) is 5.91 Å². The van der Waals surface area contributed by atoms with Crippen molar-refractivity contribution >= 4 is 23.4 Å². The van der Waals surface area contributed by atoms with Gasteiger partial charge in [0.25, 0.3) is 0 Å². The van der Waals surface area contributed by atoms with E-state index in [0.29, 0.717) is 30.9 Å². The summed E-state index contributed by atoms with van der Waals surface area (Å²) in [4.78, 5) is 26.4. The van der Waals surface area contributed by atoms with Crippen molar-refractivity contribution in [1.29, 1.82) is 5.26 Å². The molecular formula is C20H23FN4O3. The Morgan fingerprint density at radius 3 is 2.86 bits per heavy atom. The quantitative estimate of drug-likeness (QED) is 0.786. The topological polar surface area (TPSA) is 85.7 Å². The van der Waals surface area contributed by atoms with Crippen molar-refractivity contribution in [3.8, 4) is 6.07 Å². The number of nitrogens with zero attached hydrogens (tertiary/aromatic N) is 3. The molecule has 0 saturated carbocycles. The number of cyclic esters (lactones) is 1. The van der Waals surface area contributed by atoms with Crippen molar-refractivity contribution in [2.75, 3.05) is 36.0 Å². The fourth-order valence-electron chi connectivity index (χ4n) is 3.50. The lowest BCUT2D eigenvalue weighted by molar-refractivity contribution is -0.119. The van der Waals surface area contributed by atoms with Crippen LogP contribution in [0, 0.1) is 23.1 Å². The standard InChI is InChI=1S/C20H23FN4O3/c1-13-11-24(8-6-15(13)5-7-22)19-4-3-16(9-18(19)21)25-12-17(28-20(25)27)10-23-14(2)26/h3-4,6,9,13,17H,5,8,10-12H2,1-2H3,(H,23,26)/t13?,17-/m0/s1. The predicted octanol–water partition coefficient (Wildman–Crippen LogP) is 2.58. The van der Waals surface area contributed by atoms with Crippen molar-refractivity contribution in [2.45, 2.75) is 26.4 Å². The number of rotatable bonds is 5. The van der Waals surface area contributed by atoms with E-state index in [-0.39, 0.29) is 24.9 Å². The molecule has 148 valence electrons. The van der Waals surface area contributed by atoms with Gasteiger partial charge < -0.3 is 15.0 Å². The SMILES string of the molecule is CC(=O)NC[C@H]1CN(c2ccc(N3CC=C(CC#N)C(C)C3)c(F)c2)C(=O)O1. The second-order valence-electron chi connectivity index (χ2n) is 7.11. The molecule has 2 atom stereocenters. The van der Waals surface area contributed by atoms with E-state index in [1.165, 1.54) is 17.9 Å². The number of carbonyl (C=O) groups excluding carboxylic acids is 2. The summed E-state index contributed by atoms with van der Waals surface area (Å²) >= 11 is 0. The normalized spacial score (nSPS) is 21.8. The van der Waals surface area contributed by atoms with E-state index in [1.54, 1.807) is 12.1 Å². The molecule has 1 aromatic rings. The molecule has 2 heterocycles. The number of carbonyl (C=O) groups is 2. The second-order valence-corrected chi connectivity index (χ2v) is 7.11. The maximum absolute atomic E-state index is 14.8. The molecule has 2 aliphatic rings. The molecule has 1 N–H and O–H groups in total. The van der Waals surface area contributed by atoms with Crippen LogP contribution >= 0.6 is 0 Å². The van der Waals surface area contributed by atoms with Crippen LogP contribution in [0.4, 0.5) is 20.6 Å². The van der Waals surface area contributed by atoms with Gasteiger partial charge in [-0.1, -0.05) is 18.6 Å². The number of amides is 2. The first-order chi connectivity index (χ1) is 13.4. The number of anilines is 2. The minimum absolute atomic E-state index is 0.176. The molecule has 2 aliphatic heterocycles. The van der Waals surface area contributed by atoms with Crippen LogP contribution in [-0.4, -0.2) is 44.3 Å². The van der Waals surface area contributed by atoms with Gasteiger partial charge in [-0.15, -0.1) is 0 Å². The van der Waals surface area contributed by atoms with E-state index in [1.807, 2.05) is 17.9 Å². The van der Waals surface area contributed by atoms with Crippen LogP contribution in [0.25, 0.3) is 0 Å². The van der Waals surface area contributed by atoms with Crippen LogP contribution in [0.3, 0.4) is 0 Å². The van der Waals surface area contributed by atoms with Crippen LogP contribution < -0.4 is 15.1 Å². The van der Waals surface area contributed by atoms with E-state index >= 15 is 0 Å². The highest BCUT2D eigenvalue weighted by atomic mass is 19.1. The first-order valence-corrected chi connectivity index (χ1v) is 9.22. The molecule has 1 fully saturated rings. The number of ether oxygens (including phenoxy) is 1. The van der Waals surface area contributed by atoms with E-state index in [0.717, 1.165) is 5.57 Å². The lowest BCUT2D eigenvalue weighted by atomic mass is 9.94. The molecule has 8 heteroatoms. The summed E-state index contributed by atoms with van der Waals surface area (Å²) in [6, 6.07) is 6.85. The van der Waals surface area contributed by atoms with Crippen molar-refractivity contribution in [3.05, 3.63) is 35.7 Å². The lowest BCUT2D eigenvalue weighted by Crippen LogP contribution is -2.34. The first kappa shape index (κ1) is 19.7.